The van der Waals surface area contributed by atoms with Crippen LogP contribution in [0.15, 0.2) is 16.7 Å². The molecule has 2 heterocycles. The van der Waals surface area contributed by atoms with Crippen LogP contribution in [0.2, 0.25) is 4.34 Å². The van der Waals surface area contributed by atoms with E-state index in [1.54, 1.807) is 13.0 Å². The number of aromatic nitrogens is 2. The molecule has 74 valence electrons. The van der Waals surface area contributed by atoms with Gasteiger partial charge in [0, 0.05) is 0 Å². The number of rotatable bonds is 2. The molecular weight excluding hydrogens is 222 g/mol. The number of hydrogen-bond donors (Lipinski definition) is 1. The number of halogens is 1. The Morgan fingerprint density at radius 1 is 1.57 bits per heavy atom. The van der Waals surface area contributed by atoms with Crippen LogP contribution in [-0.4, -0.2) is 10.1 Å². The van der Waals surface area contributed by atoms with Crippen LogP contribution in [-0.2, 0) is 0 Å². The molecule has 0 aliphatic heterocycles. The van der Waals surface area contributed by atoms with Crippen molar-refractivity contribution in [3.8, 4) is 10.7 Å². The first-order valence-electron chi connectivity index (χ1n) is 4.01. The van der Waals surface area contributed by atoms with Crippen molar-refractivity contribution in [3.63, 3.8) is 0 Å². The van der Waals surface area contributed by atoms with Crippen LogP contribution in [0.4, 0.5) is 0 Å². The zero-order chi connectivity index (χ0) is 10.1. The molecule has 1 atom stereocenters. The van der Waals surface area contributed by atoms with Crippen molar-refractivity contribution in [1.29, 1.82) is 0 Å². The van der Waals surface area contributed by atoms with E-state index >= 15 is 0 Å². The lowest BCUT2D eigenvalue weighted by Gasteiger charge is -1.92. The van der Waals surface area contributed by atoms with E-state index < -0.39 is 0 Å². The third-order valence-corrected chi connectivity index (χ3v) is 2.85. The molecule has 14 heavy (non-hydrogen) atoms. The van der Waals surface area contributed by atoms with Gasteiger partial charge in [0.25, 0.3) is 0 Å². The van der Waals surface area contributed by atoms with E-state index in [0.29, 0.717) is 16.1 Å². The van der Waals surface area contributed by atoms with Gasteiger partial charge in [-0.25, -0.2) is 0 Å². The number of nitrogens with two attached hydrogens (primary N) is 1. The van der Waals surface area contributed by atoms with Crippen molar-refractivity contribution in [3.05, 3.63) is 22.4 Å². The molecular formula is C8H8ClN3OS. The zero-order valence-corrected chi connectivity index (χ0v) is 8.97. The summed E-state index contributed by atoms with van der Waals surface area (Å²) in [6, 6.07) is 3.40. The smallest absolute Gasteiger partial charge is 0.243 e. The van der Waals surface area contributed by atoms with Crippen molar-refractivity contribution < 1.29 is 4.52 Å². The molecule has 0 bridgehead atoms. The Kier molecular flexibility index (Phi) is 2.54. The number of hydrogen-bond acceptors (Lipinski definition) is 5. The summed E-state index contributed by atoms with van der Waals surface area (Å²) in [5.41, 5.74) is 5.59. The monoisotopic (exact) mass is 229 g/mol. The molecule has 0 aliphatic rings. The highest BCUT2D eigenvalue weighted by atomic mass is 35.5. The van der Waals surface area contributed by atoms with Crippen molar-refractivity contribution >= 4 is 22.9 Å². The SMILES string of the molecule is C[C@H](N)c1nc(-c2ccc(Cl)s2)no1. The molecule has 0 amide bonds. The van der Waals surface area contributed by atoms with Gasteiger partial charge in [-0.1, -0.05) is 16.8 Å². The van der Waals surface area contributed by atoms with Gasteiger partial charge in [-0.3, -0.25) is 0 Å². The van der Waals surface area contributed by atoms with Gasteiger partial charge in [0.2, 0.25) is 11.7 Å². The van der Waals surface area contributed by atoms with Gasteiger partial charge in [-0.15, -0.1) is 11.3 Å². The highest BCUT2D eigenvalue weighted by Crippen LogP contribution is 2.29. The fraction of sp³-hybridized carbons (Fsp3) is 0.250. The van der Waals surface area contributed by atoms with E-state index in [9.17, 15) is 0 Å². The lowest BCUT2D eigenvalue weighted by Crippen LogP contribution is -2.04. The predicted molar refractivity (Wildman–Crippen MR) is 55.2 cm³/mol. The summed E-state index contributed by atoms with van der Waals surface area (Å²) in [4.78, 5) is 5.02. The maximum atomic E-state index is 5.79. The van der Waals surface area contributed by atoms with Crippen LogP contribution in [0, 0.1) is 0 Å². The zero-order valence-electron chi connectivity index (χ0n) is 7.40. The molecule has 6 heteroatoms. The number of nitrogens with zero attached hydrogens (tertiary/aromatic N) is 2. The van der Waals surface area contributed by atoms with Crippen LogP contribution in [0.5, 0.6) is 0 Å². The first-order valence-corrected chi connectivity index (χ1v) is 5.21. The van der Waals surface area contributed by atoms with Crippen molar-refractivity contribution in [2.24, 2.45) is 5.73 Å². The molecule has 0 saturated heterocycles. The second kappa shape index (κ2) is 3.68. The Hall–Kier alpha value is -0.910. The van der Waals surface area contributed by atoms with Gasteiger partial charge in [-0.05, 0) is 19.1 Å². The van der Waals surface area contributed by atoms with Crippen LogP contribution >= 0.6 is 22.9 Å². The molecule has 0 aromatic carbocycles. The molecule has 0 unspecified atom stereocenters. The summed E-state index contributed by atoms with van der Waals surface area (Å²) in [6.45, 7) is 1.79. The first-order chi connectivity index (χ1) is 6.66. The van der Waals surface area contributed by atoms with Crippen molar-refractivity contribution in [1.82, 2.24) is 10.1 Å². The Balaban J connectivity index is 2.33. The molecule has 0 aliphatic carbocycles. The van der Waals surface area contributed by atoms with Crippen LogP contribution in [0.1, 0.15) is 18.9 Å². The largest absolute Gasteiger partial charge is 0.337 e. The normalized spacial score (nSPS) is 13.1. The molecule has 0 spiro atoms. The summed E-state index contributed by atoms with van der Waals surface area (Å²) < 4.78 is 5.67. The minimum Gasteiger partial charge on any atom is -0.337 e. The molecule has 0 saturated carbocycles. The Morgan fingerprint density at radius 3 is 2.86 bits per heavy atom. The molecule has 0 radical (unpaired) electrons. The van der Waals surface area contributed by atoms with Crippen LogP contribution < -0.4 is 5.73 Å². The fourth-order valence-corrected chi connectivity index (χ4v) is 1.92. The minimum atomic E-state index is -0.244. The molecule has 2 N–H and O–H groups in total. The maximum Gasteiger partial charge on any atom is 0.243 e. The lowest BCUT2D eigenvalue weighted by molar-refractivity contribution is 0.362. The van der Waals surface area contributed by atoms with Crippen molar-refractivity contribution in [2.75, 3.05) is 0 Å². The average Bonchev–Trinajstić information content (AvgIpc) is 2.70. The number of thiophene rings is 1. The molecule has 2 rings (SSSR count). The summed E-state index contributed by atoms with van der Waals surface area (Å²) in [5.74, 6) is 0.971. The van der Waals surface area contributed by atoms with E-state index in [4.69, 9.17) is 21.9 Å². The van der Waals surface area contributed by atoms with E-state index in [2.05, 4.69) is 10.1 Å². The van der Waals surface area contributed by atoms with Gasteiger partial charge in [0.1, 0.15) is 0 Å². The van der Waals surface area contributed by atoms with Gasteiger partial charge < -0.3 is 10.3 Å². The van der Waals surface area contributed by atoms with E-state index in [0.717, 1.165) is 4.88 Å². The summed E-state index contributed by atoms with van der Waals surface area (Å²) in [7, 11) is 0. The van der Waals surface area contributed by atoms with Crippen molar-refractivity contribution in [2.45, 2.75) is 13.0 Å². The third kappa shape index (κ3) is 1.79. The van der Waals surface area contributed by atoms with E-state index in [1.807, 2.05) is 6.07 Å². The second-order valence-corrected chi connectivity index (χ2v) is 4.56. The maximum absolute atomic E-state index is 5.79. The topological polar surface area (TPSA) is 64.9 Å². The highest BCUT2D eigenvalue weighted by molar-refractivity contribution is 7.19. The highest BCUT2D eigenvalue weighted by Gasteiger charge is 2.12. The van der Waals surface area contributed by atoms with E-state index in [1.165, 1.54) is 11.3 Å². The molecule has 4 nitrogen and oxygen atoms in total. The van der Waals surface area contributed by atoms with Gasteiger partial charge in [0.05, 0.1) is 15.3 Å². The summed E-state index contributed by atoms with van der Waals surface area (Å²) in [5, 5.41) is 3.81. The summed E-state index contributed by atoms with van der Waals surface area (Å²) >= 11 is 7.19. The quantitative estimate of drug-likeness (QED) is 0.859. The minimum absolute atomic E-state index is 0.244. The Morgan fingerprint density at radius 2 is 2.36 bits per heavy atom. The molecule has 2 aromatic rings. The van der Waals surface area contributed by atoms with Crippen LogP contribution in [0.3, 0.4) is 0 Å². The Bertz CT molecular complexity index is 437. The molecule has 0 fully saturated rings. The van der Waals surface area contributed by atoms with Gasteiger partial charge in [-0.2, -0.15) is 4.98 Å². The first kappa shape index (κ1) is 9.64. The standard InChI is InChI=1S/C8H8ClN3OS/c1-4(10)8-11-7(12-13-8)5-2-3-6(9)14-5/h2-4H,10H2,1H3/t4-/m0/s1. The second-order valence-electron chi connectivity index (χ2n) is 2.85. The summed E-state index contributed by atoms with van der Waals surface area (Å²) in [6.07, 6.45) is 0. The average molecular weight is 230 g/mol. The van der Waals surface area contributed by atoms with Gasteiger partial charge in [0.15, 0.2) is 0 Å². The molecule has 2 aromatic heterocycles. The fourth-order valence-electron chi connectivity index (χ4n) is 0.955. The van der Waals surface area contributed by atoms with E-state index in [-0.39, 0.29) is 6.04 Å². The lowest BCUT2D eigenvalue weighted by atomic mass is 10.4. The predicted octanol–water partition coefficient (Wildman–Crippen LogP) is 2.47. The Labute approximate surface area is 89.7 Å². The van der Waals surface area contributed by atoms with Crippen LogP contribution in [0.25, 0.3) is 10.7 Å². The third-order valence-electron chi connectivity index (χ3n) is 1.62. The van der Waals surface area contributed by atoms with Gasteiger partial charge >= 0.3 is 0 Å².